The minimum absolute atomic E-state index is 0.250. The zero-order valence-corrected chi connectivity index (χ0v) is 14.9. The highest BCUT2D eigenvalue weighted by molar-refractivity contribution is 6.30. The summed E-state index contributed by atoms with van der Waals surface area (Å²) in [5.74, 6) is -0.250. The van der Waals surface area contributed by atoms with Crippen molar-refractivity contribution in [2.24, 2.45) is 0 Å². The third kappa shape index (κ3) is 3.09. The van der Waals surface area contributed by atoms with E-state index in [4.69, 9.17) is 11.6 Å². The molecule has 0 aliphatic heterocycles. The lowest BCUT2D eigenvalue weighted by molar-refractivity contribution is 0.102. The van der Waals surface area contributed by atoms with Crippen LogP contribution in [0.4, 0.5) is 5.69 Å². The van der Waals surface area contributed by atoms with Crippen LogP contribution in [0.1, 0.15) is 17.4 Å². The van der Waals surface area contributed by atoms with Gasteiger partial charge in [-0.2, -0.15) is 5.10 Å². The average Bonchev–Trinajstić information content (AvgIpc) is 3.28. The summed E-state index contributed by atoms with van der Waals surface area (Å²) in [6.07, 6.45) is 3.79. The van der Waals surface area contributed by atoms with Crippen LogP contribution in [0.3, 0.4) is 0 Å². The summed E-state index contributed by atoms with van der Waals surface area (Å²) in [6.45, 7) is 3.02. The third-order valence-electron chi connectivity index (χ3n) is 4.26. The molecule has 1 N–H and O–H groups in total. The number of fused-ring (bicyclic) bond motifs is 1. The molecule has 2 aromatic carbocycles. The van der Waals surface area contributed by atoms with Crippen molar-refractivity contribution < 1.29 is 4.79 Å². The molecule has 0 radical (unpaired) electrons. The van der Waals surface area contributed by atoms with Gasteiger partial charge < -0.3 is 9.88 Å². The number of anilines is 1. The highest BCUT2D eigenvalue weighted by Crippen LogP contribution is 2.21. The SMILES string of the molecule is CCn1ccc2cc(NC(=O)c3ccn(-c4cccc(Cl)c4)n3)ccc21. The second-order valence-corrected chi connectivity index (χ2v) is 6.39. The van der Waals surface area contributed by atoms with Crippen LogP contribution in [0.25, 0.3) is 16.6 Å². The van der Waals surface area contributed by atoms with E-state index < -0.39 is 0 Å². The van der Waals surface area contributed by atoms with Crippen molar-refractivity contribution in [3.63, 3.8) is 0 Å². The van der Waals surface area contributed by atoms with Crippen molar-refractivity contribution >= 4 is 34.1 Å². The van der Waals surface area contributed by atoms with E-state index in [0.717, 1.165) is 28.8 Å². The molecular formula is C20H17ClN4O. The van der Waals surface area contributed by atoms with Gasteiger partial charge in [0.2, 0.25) is 0 Å². The summed E-state index contributed by atoms with van der Waals surface area (Å²) < 4.78 is 3.79. The molecule has 26 heavy (non-hydrogen) atoms. The summed E-state index contributed by atoms with van der Waals surface area (Å²) in [5.41, 5.74) is 3.04. The van der Waals surface area contributed by atoms with E-state index in [9.17, 15) is 4.79 Å². The Labute approximate surface area is 155 Å². The molecule has 4 rings (SSSR count). The van der Waals surface area contributed by atoms with E-state index in [0.29, 0.717) is 10.7 Å². The van der Waals surface area contributed by atoms with Crippen LogP contribution in [0.5, 0.6) is 0 Å². The Morgan fingerprint density at radius 3 is 2.81 bits per heavy atom. The van der Waals surface area contributed by atoms with Gasteiger partial charge in [-0.3, -0.25) is 4.79 Å². The Hall–Kier alpha value is -3.05. The van der Waals surface area contributed by atoms with Crippen LogP contribution >= 0.6 is 11.6 Å². The number of amides is 1. The number of benzene rings is 2. The molecule has 5 nitrogen and oxygen atoms in total. The Morgan fingerprint density at radius 2 is 2.00 bits per heavy atom. The summed E-state index contributed by atoms with van der Waals surface area (Å²) in [6, 6.07) is 16.9. The molecule has 2 aromatic heterocycles. The Morgan fingerprint density at radius 1 is 1.12 bits per heavy atom. The number of hydrogen-bond donors (Lipinski definition) is 1. The van der Waals surface area contributed by atoms with Crippen molar-refractivity contribution in [2.75, 3.05) is 5.32 Å². The fraction of sp³-hybridized carbons (Fsp3) is 0.100. The second kappa shape index (κ2) is 6.69. The maximum atomic E-state index is 12.5. The first-order chi connectivity index (χ1) is 12.6. The van der Waals surface area contributed by atoms with Crippen molar-refractivity contribution in [2.45, 2.75) is 13.5 Å². The summed E-state index contributed by atoms with van der Waals surface area (Å²) in [5, 5.41) is 8.96. The molecular weight excluding hydrogens is 348 g/mol. The summed E-state index contributed by atoms with van der Waals surface area (Å²) in [4.78, 5) is 12.5. The summed E-state index contributed by atoms with van der Waals surface area (Å²) >= 11 is 6.01. The van der Waals surface area contributed by atoms with Gasteiger partial charge in [-0.05, 0) is 55.5 Å². The molecule has 0 spiro atoms. The van der Waals surface area contributed by atoms with Crippen LogP contribution in [-0.2, 0) is 6.54 Å². The van der Waals surface area contributed by atoms with Crippen LogP contribution in [0.15, 0.2) is 67.0 Å². The molecule has 0 saturated carbocycles. The van der Waals surface area contributed by atoms with E-state index in [1.807, 2.05) is 42.6 Å². The lowest BCUT2D eigenvalue weighted by Crippen LogP contribution is -2.13. The molecule has 0 aliphatic carbocycles. The minimum Gasteiger partial charge on any atom is -0.348 e. The Bertz CT molecular complexity index is 1100. The lowest BCUT2D eigenvalue weighted by Gasteiger charge is -2.05. The molecule has 1 amide bonds. The van der Waals surface area contributed by atoms with Gasteiger partial charge in [0.1, 0.15) is 0 Å². The molecule has 0 atom stereocenters. The topological polar surface area (TPSA) is 51.9 Å². The van der Waals surface area contributed by atoms with Crippen molar-refractivity contribution in [1.29, 1.82) is 0 Å². The maximum Gasteiger partial charge on any atom is 0.276 e. The normalized spacial score (nSPS) is 11.0. The second-order valence-electron chi connectivity index (χ2n) is 5.95. The van der Waals surface area contributed by atoms with Crippen LogP contribution in [0.2, 0.25) is 5.02 Å². The van der Waals surface area contributed by atoms with Gasteiger partial charge >= 0.3 is 0 Å². The molecule has 4 aromatic rings. The minimum atomic E-state index is -0.250. The number of carbonyl (C=O) groups excluding carboxylic acids is 1. The van der Waals surface area contributed by atoms with E-state index in [2.05, 4.69) is 21.9 Å². The van der Waals surface area contributed by atoms with Gasteiger partial charge in [0.25, 0.3) is 5.91 Å². The third-order valence-corrected chi connectivity index (χ3v) is 4.50. The molecule has 0 fully saturated rings. The van der Waals surface area contributed by atoms with Gasteiger partial charge in [0.05, 0.1) is 5.69 Å². The number of aromatic nitrogens is 3. The zero-order chi connectivity index (χ0) is 18.1. The first kappa shape index (κ1) is 16.4. The molecule has 0 bridgehead atoms. The number of rotatable bonds is 4. The number of halogens is 1. The molecule has 130 valence electrons. The number of carbonyl (C=O) groups is 1. The van der Waals surface area contributed by atoms with Crippen LogP contribution < -0.4 is 5.32 Å². The maximum absolute atomic E-state index is 12.5. The smallest absolute Gasteiger partial charge is 0.276 e. The molecule has 0 aliphatic rings. The molecule has 0 saturated heterocycles. The van der Waals surface area contributed by atoms with Gasteiger partial charge in [0.15, 0.2) is 5.69 Å². The van der Waals surface area contributed by atoms with Gasteiger partial charge in [-0.1, -0.05) is 17.7 Å². The number of nitrogens with zero attached hydrogens (tertiary/aromatic N) is 3. The Balaban J connectivity index is 1.55. The van der Waals surface area contributed by atoms with Crippen molar-refractivity contribution in [3.8, 4) is 5.69 Å². The molecule has 6 heteroatoms. The summed E-state index contributed by atoms with van der Waals surface area (Å²) in [7, 11) is 0. The lowest BCUT2D eigenvalue weighted by atomic mass is 10.2. The standard InChI is InChI=1S/C20H17ClN4O/c1-2-24-10-8-14-12-16(6-7-19(14)24)22-20(26)18-9-11-25(23-18)17-5-3-4-15(21)13-17/h3-13H,2H2,1H3,(H,22,26). The van der Waals surface area contributed by atoms with E-state index >= 15 is 0 Å². The predicted molar refractivity (Wildman–Crippen MR) is 104 cm³/mol. The number of aryl methyl sites for hydroxylation is 1. The van der Waals surface area contributed by atoms with Crippen LogP contribution in [0, 0.1) is 0 Å². The van der Waals surface area contributed by atoms with Crippen molar-refractivity contribution in [1.82, 2.24) is 14.3 Å². The highest BCUT2D eigenvalue weighted by atomic mass is 35.5. The largest absolute Gasteiger partial charge is 0.348 e. The fourth-order valence-electron chi connectivity index (χ4n) is 2.96. The first-order valence-corrected chi connectivity index (χ1v) is 8.74. The monoisotopic (exact) mass is 364 g/mol. The van der Waals surface area contributed by atoms with Crippen LogP contribution in [-0.4, -0.2) is 20.3 Å². The Kier molecular flexibility index (Phi) is 4.22. The fourth-order valence-corrected chi connectivity index (χ4v) is 3.14. The van der Waals surface area contributed by atoms with E-state index in [1.165, 1.54) is 0 Å². The average molecular weight is 365 g/mol. The molecule has 2 heterocycles. The van der Waals surface area contributed by atoms with Crippen molar-refractivity contribution in [3.05, 3.63) is 77.7 Å². The van der Waals surface area contributed by atoms with Gasteiger partial charge in [-0.25, -0.2) is 4.68 Å². The first-order valence-electron chi connectivity index (χ1n) is 8.36. The van der Waals surface area contributed by atoms with Gasteiger partial charge in [0, 0.05) is 40.6 Å². The van der Waals surface area contributed by atoms with E-state index in [-0.39, 0.29) is 5.91 Å². The highest BCUT2D eigenvalue weighted by Gasteiger charge is 2.11. The predicted octanol–water partition coefficient (Wildman–Crippen LogP) is 4.75. The number of hydrogen-bond acceptors (Lipinski definition) is 2. The molecule has 0 unspecified atom stereocenters. The van der Waals surface area contributed by atoms with Gasteiger partial charge in [-0.15, -0.1) is 0 Å². The number of nitrogens with one attached hydrogen (secondary N) is 1. The zero-order valence-electron chi connectivity index (χ0n) is 14.2. The quantitative estimate of drug-likeness (QED) is 0.568. The van der Waals surface area contributed by atoms with E-state index in [1.54, 1.807) is 29.1 Å².